The molecular formula is C21H32N4O2. The van der Waals surface area contributed by atoms with Crippen LogP contribution in [0.3, 0.4) is 0 Å². The summed E-state index contributed by atoms with van der Waals surface area (Å²) >= 11 is 0. The van der Waals surface area contributed by atoms with Gasteiger partial charge in [-0.25, -0.2) is 0 Å². The quantitative estimate of drug-likeness (QED) is 0.743. The van der Waals surface area contributed by atoms with Crippen molar-refractivity contribution in [2.24, 2.45) is 5.92 Å². The number of rotatable bonds is 5. The van der Waals surface area contributed by atoms with Gasteiger partial charge in [0.25, 0.3) is 0 Å². The number of hydrogen-bond donors (Lipinski definition) is 3. The molecule has 2 saturated heterocycles. The molecule has 3 rings (SSSR count). The predicted molar refractivity (Wildman–Crippen MR) is 109 cm³/mol. The largest absolute Gasteiger partial charge is 0.326 e. The molecule has 0 saturated carbocycles. The zero-order valence-corrected chi connectivity index (χ0v) is 16.3. The molecule has 0 radical (unpaired) electrons. The van der Waals surface area contributed by atoms with E-state index in [1.54, 1.807) is 0 Å². The predicted octanol–water partition coefficient (Wildman–Crippen LogP) is 2.83. The minimum atomic E-state index is 0.00700. The number of hydrogen-bond acceptors (Lipinski definition) is 4. The average molecular weight is 373 g/mol. The molecule has 2 heterocycles. The van der Waals surface area contributed by atoms with E-state index in [0.29, 0.717) is 12.6 Å². The second-order valence-electron chi connectivity index (χ2n) is 7.89. The lowest BCUT2D eigenvalue weighted by molar-refractivity contribution is -0.121. The van der Waals surface area contributed by atoms with Crippen molar-refractivity contribution in [1.29, 1.82) is 0 Å². The van der Waals surface area contributed by atoms with Crippen LogP contribution in [0.5, 0.6) is 0 Å². The van der Waals surface area contributed by atoms with Gasteiger partial charge in [-0.15, -0.1) is 0 Å². The van der Waals surface area contributed by atoms with E-state index in [1.807, 2.05) is 24.3 Å². The van der Waals surface area contributed by atoms with Gasteiger partial charge in [0.2, 0.25) is 11.8 Å². The molecule has 1 aromatic carbocycles. The lowest BCUT2D eigenvalue weighted by atomic mass is 9.92. The Balaban J connectivity index is 1.52. The van der Waals surface area contributed by atoms with Crippen LogP contribution in [0, 0.1) is 5.92 Å². The molecule has 148 valence electrons. The number of piperidine rings is 1. The summed E-state index contributed by atoms with van der Waals surface area (Å²) in [6.07, 6.45) is 6.58. The summed E-state index contributed by atoms with van der Waals surface area (Å²) in [6, 6.07) is 7.81. The van der Waals surface area contributed by atoms with Crippen LogP contribution in [0.2, 0.25) is 0 Å². The van der Waals surface area contributed by atoms with Gasteiger partial charge in [-0.3, -0.25) is 14.5 Å². The van der Waals surface area contributed by atoms with E-state index in [1.165, 1.54) is 25.7 Å². The Morgan fingerprint density at radius 1 is 1.11 bits per heavy atom. The van der Waals surface area contributed by atoms with Crippen LogP contribution in [0.4, 0.5) is 11.4 Å². The van der Waals surface area contributed by atoms with Gasteiger partial charge >= 0.3 is 0 Å². The topological polar surface area (TPSA) is 73.5 Å². The Hall–Kier alpha value is -1.92. The zero-order valence-electron chi connectivity index (χ0n) is 16.3. The van der Waals surface area contributed by atoms with Gasteiger partial charge in [-0.1, -0.05) is 18.9 Å². The number of carbonyl (C=O) groups is 2. The van der Waals surface area contributed by atoms with Crippen LogP contribution in [-0.4, -0.2) is 48.9 Å². The van der Waals surface area contributed by atoms with Crippen molar-refractivity contribution in [1.82, 2.24) is 10.2 Å². The molecule has 0 unspecified atom stereocenters. The lowest BCUT2D eigenvalue weighted by Gasteiger charge is -2.27. The molecule has 27 heavy (non-hydrogen) atoms. The molecule has 2 atom stereocenters. The summed E-state index contributed by atoms with van der Waals surface area (Å²) in [7, 11) is 0. The third-order valence-corrected chi connectivity index (χ3v) is 5.47. The maximum atomic E-state index is 12.5. The molecule has 3 N–H and O–H groups in total. The second-order valence-corrected chi connectivity index (χ2v) is 7.89. The van der Waals surface area contributed by atoms with Crippen molar-refractivity contribution in [3.05, 3.63) is 24.3 Å². The first kappa shape index (κ1) is 19.8. The number of amides is 2. The van der Waals surface area contributed by atoms with E-state index < -0.39 is 0 Å². The molecule has 0 spiro atoms. The van der Waals surface area contributed by atoms with Gasteiger partial charge in [0, 0.05) is 23.3 Å². The highest BCUT2D eigenvalue weighted by Gasteiger charge is 2.24. The first-order chi connectivity index (χ1) is 13.1. The summed E-state index contributed by atoms with van der Waals surface area (Å²) in [5, 5.41) is 9.34. The van der Waals surface area contributed by atoms with E-state index in [-0.39, 0.29) is 17.7 Å². The highest BCUT2D eigenvalue weighted by Crippen LogP contribution is 2.20. The van der Waals surface area contributed by atoms with Gasteiger partial charge in [0.05, 0.1) is 6.54 Å². The molecule has 2 amide bonds. The van der Waals surface area contributed by atoms with E-state index in [4.69, 9.17) is 0 Å². The second kappa shape index (κ2) is 9.85. The summed E-state index contributed by atoms with van der Waals surface area (Å²) in [5.74, 6) is 0.117. The van der Waals surface area contributed by atoms with Crippen molar-refractivity contribution in [2.75, 3.05) is 36.8 Å². The lowest BCUT2D eigenvalue weighted by Crippen LogP contribution is -2.40. The highest BCUT2D eigenvalue weighted by atomic mass is 16.2. The Labute approximate surface area is 162 Å². The SMILES string of the molecule is C[C@H]1C[C@@H](C(=O)Nc2cccc(NC(=O)CN3CCCCCC3)c2)CCN1. The fourth-order valence-electron chi connectivity index (χ4n) is 3.99. The van der Waals surface area contributed by atoms with Gasteiger partial charge in [0.1, 0.15) is 0 Å². The number of likely N-dealkylation sites (tertiary alicyclic amines) is 1. The monoisotopic (exact) mass is 372 g/mol. The summed E-state index contributed by atoms with van der Waals surface area (Å²) in [4.78, 5) is 27.1. The first-order valence-corrected chi connectivity index (χ1v) is 10.3. The van der Waals surface area contributed by atoms with Crippen molar-refractivity contribution in [2.45, 2.75) is 51.5 Å². The molecular weight excluding hydrogens is 340 g/mol. The van der Waals surface area contributed by atoms with Crippen LogP contribution in [0.25, 0.3) is 0 Å². The standard InChI is InChI=1S/C21H32N4O2/c1-16-13-17(9-10-22-16)21(27)24-19-8-6-7-18(14-19)23-20(26)15-25-11-4-2-3-5-12-25/h6-8,14,16-17,22H,2-5,9-13,15H2,1H3,(H,23,26)(H,24,27)/t16-,17-/m0/s1. The maximum Gasteiger partial charge on any atom is 0.238 e. The Kier molecular flexibility index (Phi) is 7.24. The Morgan fingerprint density at radius 3 is 2.52 bits per heavy atom. The molecule has 1 aromatic rings. The molecule has 0 bridgehead atoms. The van der Waals surface area contributed by atoms with Gasteiger partial charge in [0.15, 0.2) is 0 Å². The summed E-state index contributed by atoms with van der Waals surface area (Å²) in [6.45, 7) is 5.42. The van der Waals surface area contributed by atoms with Crippen LogP contribution in [-0.2, 0) is 9.59 Å². The fourth-order valence-corrected chi connectivity index (χ4v) is 3.99. The average Bonchev–Trinajstić information content (AvgIpc) is 2.90. The Morgan fingerprint density at radius 2 is 1.81 bits per heavy atom. The minimum absolute atomic E-state index is 0.00700. The van der Waals surface area contributed by atoms with Crippen LogP contribution in [0.15, 0.2) is 24.3 Å². The van der Waals surface area contributed by atoms with Crippen LogP contribution < -0.4 is 16.0 Å². The van der Waals surface area contributed by atoms with Gasteiger partial charge in [-0.05, 0) is 70.4 Å². The molecule has 2 aliphatic heterocycles. The number of benzene rings is 1. The normalized spacial score (nSPS) is 24.0. The van der Waals surface area contributed by atoms with Crippen molar-refractivity contribution >= 4 is 23.2 Å². The first-order valence-electron chi connectivity index (χ1n) is 10.3. The number of nitrogens with one attached hydrogen (secondary N) is 3. The minimum Gasteiger partial charge on any atom is -0.326 e. The third kappa shape index (κ3) is 6.33. The number of anilines is 2. The summed E-state index contributed by atoms with van der Waals surface area (Å²) < 4.78 is 0. The van der Waals surface area contributed by atoms with Crippen LogP contribution >= 0.6 is 0 Å². The molecule has 2 aliphatic rings. The number of nitrogens with zero attached hydrogens (tertiary/aromatic N) is 1. The molecule has 6 nitrogen and oxygen atoms in total. The van der Waals surface area contributed by atoms with Crippen molar-refractivity contribution < 1.29 is 9.59 Å². The van der Waals surface area contributed by atoms with Gasteiger partial charge < -0.3 is 16.0 Å². The smallest absolute Gasteiger partial charge is 0.238 e. The molecule has 0 aromatic heterocycles. The van der Waals surface area contributed by atoms with Crippen molar-refractivity contribution in [3.63, 3.8) is 0 Å². The van der Waals surface area contributed by atoms with E-state index in [0.717, 1.165) is 43.9 Å². The number of carbonyl (C=O) groups excluding carboxylic acids is 2. The molecule has 0 aliphatic carbocycles. The molecule has 2 fully saturated rings. The van der Waals surface area contributed by atoms with E-state index >= 15 is 0 Å². The highest BCUT2D eigenvalue weighted by molar-refractivity contribution is 5.95. The van der Waals surface area contributed by atoms with E-state index in [2.05, 4.69) is 27.8 Å². The third-order valence-electron chi connectivity index (χ3n) is 5.47. The fraction of sp³-hybridized carbons (Fsp3) is 0.619. The van der Waals surface area contributed by atoms with Gasteiger partial charge in [-0.2, -0.15) is 0 Å². The van der Waals surface area contributed by atoms with Crippen molar-refractivity contribution in [3.8, 4) is 0 Å². The van der Waals surface area contributed by atoms with Crippen LogP contribution in [0.1, 0.15) is 45.4 Å². The summed E-state index contributed by atoms with van der Waals surface area (Å²) in [5.41, 5.74) is 1.46. The van der Waals surface area contributed by atoms with E-state index in [9.17, 15) is 9.59 Å². The molecule has 6 heteroatoms. The maximum absolute atomic E-state index is 12.5. The zero-order chi connectivity index (χ0) is 19.1. The Bertz CT molecular complexity index is 641.